The first-order chi connectivity index (χ1) is 22.6. The van der Waals surface area contributed by atoms with E-state index in [1.807, 2.05) is 11.3 Å². The standard InChI is InChI=1S/C43H29NOS/c1-43(2)34-17-9-8-15-30(34)33-25-28(20-22-35(33)43)44(27-12-4-3-5-13-27)36-18-10-16-32-40-38(46-42(32)36)24-21-31-39-29-14-7-6-11-26(29)19-23-37(39)45-41(31)40/h3-25H,1-2H3. The summed E-state index contributed by atoms with van der Waals surface area (Å²) in [6.45, 7) is 4.68. The van der Waals surface area contributed by atoms with Crippen LogP contribution in [0.15, 0.2) is 144 Å². The Labute approximate surface area is 270 Å². The molecule has 10 rings (SSSR count). The van der Waals surface area contributed by atoms with Crippen molar-refractivity contribution in [2.24, 2.45) is 0 Å². The van der Waals surface area contributed by atoms with Crippen LogP contribution in [-0.2, 0) is 5.41 Å². The summed E-state index contributed by atoms with van der Waals surface area (Å²) >= 11 is 1.85. The number of hydrogen-bond donors (Lipinski definition) is 0. The molecule has 2 aromatic heterocycles. The molecule has 9 aromatic rings. The minimum atomic E-state index is -0.0309. The van der Waals surface area contributed by atoms with Gasteiger partial charge in [0.05, 0.1) is 10.4 Å². The second-order valence-corrected chi connectivity index (χ2v) is 14.0. The molecule has 0 fully saturated rings. The van der Waals surface area contributed by atoms with Crippen LogP contribution in [0.3, 0.4) is 0 Å². The minimum absolute atomic E-state index is 0.0309. The molecule has 1 aliphatic carbocycles. The monoisotopic (exact) mass is 607 g/mol. The molecule has 0 saturated carbocycles. The van der Waals surface area contributed by atoms with E-state index in [2.05, 4.69) is 158 Å². The highest BCUT2D eigenvalue weighted by Gasteiger charge is 2.35. The average Bonchev–Trinajstić information content (AvgIpc) is 3.74. The average molecular weight is 608 g/mol. The van der Waals surface area contributed by atoms with Crippen LogP contribution in [-0.4, -0.2) is 0 Å². The number of anilines is 3. The zero-order chi connectivity index (χ0) is 30.6. The lowest BCUT2D eigenvalue weighted by Crippen LogP contribution is -2.15. The van der Waals surface area contributed by atoms with Crippen LogP contribution in [0, 0.1) is 0 Å². The Balaban J connectivity index is 1.24. The summed E-state index contributed by atoms with van der Waals surface area (Å²) in [4.78, 5) is 2.43. The zero-order valence-electron chi connectivity index (χ0n) is 25.5. The third-order valence-electron chi connectivity index (χ3n) is 10.0. The summed E-state index contributed by atoms with van der Waals surface area (Å²) in [5.74, 6) is 0. The third-order valence-corrected chi connectivity index (χ3v) is 11.2. The SMILES string of the molecule is CC1(C)c2ccccc2-c2cc(N(c3ccccc3)c3cccc4c3sc3ccc5c(oc6ccc7ccccc7c65)c34)ccc21. The van der Waals surface area contributed by atoms with Gasteiger partial charge in [0.1, 0.15) is 11.2 Å². The van der Waals surface area contributed by atoms with E-state index in [9.17, 15) is 0 Å². The molecule has 0 aliphatic heterocycles. The van der Waals surface area contributed by atoms with Gasteiger partial charge in [-0.05, 0) is 81.6 Å². The maximum atomic E-state index is 6.71. The quantitative estimate of drug-likeness (QED) is 0.199. The normalized spacial score (nSPS) is 13.6. The van der Waals surface area contributed by atoms with Crippen LogP contribution in [0.25, 0.3) is 64.0 Å². The molecule has 3 heteroatoms. The van der Waals surface area contributed by atoms with E-state index in [4.69, 9.17) is 4.42 Å². The number of hydrogen-bond acceptors (Lipinski definition) is 3. The molecule has 46 heavy (non-hydrogen) atoms. The van der Waals surface area contributed by atoms with Crippen molar-refractivity contribution in [1.29, 1.82) is 0 Å². The Hall–Kier alpha value is -5.38. The zero-order valence-corrected chi connectivity index (χ0v) is 26.4. The Morgan fingerprint density at radius 2 is 1.35 bits per heavy atom. The van der Waals surface area contributed by atoms with Crippen molar-refractivity contribution in [3.63, 3.8) is 0 Å². The second kappa shape index (κ2) is 9.32. The van der Waals surface area contributed by atoms with Crippen molar-refractivity contribution >= 4 is 81.3 Å². The predicted molar refractivity (Wildman–Crippen MR) is 196 cm³/mol. The smallest absolute Gasteiger partial charge is 0.144 e. The summed E-state index contributed by atoms with van der Waals surface area (Å²) in [5.41, 5.74) is 10.8. The van der Waals surface area contributed by atoms with Crippen molar-refractivity contribution < 1.29 is 4.42 Å². The number of rotatable bonds is 3. The Bertz CT molecular complexity index is 2680. The first-order valence-electron chi connectivity index (χ1n) is 15.9. The molecule has 218 valence electrons. The lowest BCUT2D eigenvalue weighted by molar-refractivity contribution is 0.660. The van der Waals surface area contributed by atoms with Crippen molar-refractivity contribution in [3.8, 4) is 11.1 Å². The van der Waals surface area contributed by atoms with Crippen LogP contribution < -0.4 is 4.90 Å². The first kappa shape index (κ1) is 25.9. The summed E-state index contributed by atoms with van der Waals surface area (Å²) in [6, 6.07) is 50.8. The van der Waals surface area contributed by atoms with E-state index in [0.29, 0.717) is 0 Å². The van der Waals surface area contributed by atoms with Crippen LogP contribution in [0.2, 0.25) is 0 Å². The molecule has 2 nitrogen and oxygen atoms in total. The van der Waals surface area contributed by atoms with Gasteiger partial charge < -0.3 is 9.32 Å². The Morgan fingerprint density at radius 3 is 2.26 bits per heavy atom. The van der Waals surface area contributed by atoms with E-state index < -0.39 is 0 Å². The maximum Gasteiger partial charge on any atom is 0.144 e. The number of furan rings is 1. The Kier molecular flexibility index (Phi) is 5.25. The van der Waals surface area contributed by atoms with E-state index >= 15 is 0 Å². The second-order valence-electron chi connectivity index (χ2n) is 12.9. The molecule has 0 atom stereocenters. The number of para-hydroxylation sites is 1. The van der Waals surface area contributed by atoms with Gasteiger partial charge in [0.2, 0.25) is 0 Å². The maximum absolute atomic E-state index is 6.71. The lowest BCUT2D eigenvalue weighted by Gasteiger charge is -2.27. The highest BCUT2D eigenvalue weighted by atomic mass is 32.1. The summed E-state index contributed by atoms with van der Waals surface area (Å²) in [7, 11) is 0. The fourth-order valence-corrected chi connectivity index (χ4v) is 9.10. The molecule has 7 aromatic carbocycles. The fraction of sp³-hybridized carbons (Fsp3) is 0.0698. The van der Waals surface area contributed by atoms with Gasteiger partial charge in [-0.2, -0.15) is 0 Å². The molecule has 0 N–H and O–H groups in total. The van der Waals surface area contributed by atoms with Gasteiger partial charge in [0, 0.05) is 43.0 Å². The number of nitrogens with zero attached hydrogens (tertiary/aromatic N) is 1. The van der Waals surface area contributed by atoms with Gasteiger partial charge in [-0.15, -0.1) is 11.3 Å². The van der Waals surface area contributed by atoms with Crippen molar-refractivity contribution in [1.82, 2.24) is 0 Å². The van der Waals surface area contributed by atoms with Gasteiger partial charge >= 0.3 is 0 Å². The highest BCUT2D eigenvalue weighted by molar-refractivity contribution is 7.26. The third kappa shape index (κ3) is 3.46. The molecular formula is C43H29NOS. The molecular weight excluding hydrogens is 579 g/mol. The largest absolute Gasteiger partial charge is 0.455 e. The lowest BCUT2D eigenvalue weighted by atomic mass is 9.82. The number of thiophene rings is 1. The van der Waals surface area contributed by atoms with Crippen LogP contribution in [0.4, 0.5) is 17.1 Å². The molecule has 2 heterocycles. The molecule has 0 unspecified atom stereocenters. The highest BCUT2D eigenvalue weighted by Crippen LogP contribution is 2.52. The summed E-state index contributed by atoms with van der Waals surface area (Å²) < 4.78 is 9.19. The van der Waals surface area contributed by atoms with Crippen LogP contribution in [0.1, 0.15) is 25.0 Å². The van der Waals surface area contributed by atoms with E-state index in [1.54, 1.807) is 0 Å². The number of benzene rings is 7. The van der Waals surface area contributed by atoms with Crippen LogP contribution in [0.5, 0.6) is 0 Å². The van der Waals surface area contributed by atoms with Crippen molar-refractivity contribution in [3.05, 3.63) is 151 Å². The van der Waals surface area contributed by atoms with Gasteiger partial charge in [-0.1, -0.05) is 105 Å². The van der Waals surface area contributed by atoms with Crippen LogP contribution >= 0.6 is 11.3 Å². The molecule has 1 aliphatic rings. The van der Waals surface area contributed by atoms with Crippen molar-refractivity contribution in [2.45, 2.75) is 19.3 Å². The van der Waals surface area contributed by atoms with E-state index in [0.717, 1.165) is 22.5 Å². The summed E-state index contributed by atoms with van der Waals surface area (Å²) in [6.07, 6.45) is 0. The van der Waals surface area contributed by atoms with Gasteiger partial charge in [-0.25, -0.2) is 0 Å². The number of fused-ring (bicyclic) bond motifs is 12. The van der Waals surface area contributed by atoms with E-state index in [1.165, 1.54) is 69.7 Å². The van der Waals surface area contributed by atoms with Gasteiger partial charge in [-0.3, -0.25) is 0 Å². The first-order valence-corrected chi connectivity index (χ1v) is 16.7. The van der Waals surface area contributed by atoms with Gasteiger partial charge in [0.15, 0.2) is 0 Å². The minimum Gasteiger partial charge on any atom is -0.455 e. The molecule has 0 radical (unpaired) electrons. The Morgan fingerprint density at radius 1 is 0.565 bits per heavy atom. The van der Waals surface area contributed by atoms with Crippen molar-refractivity contribution in [2.75, 3.05) is 4.90 Å². The predicted octanol–water partition coefficient (Wildman–Crippen LogP) is 12.9. The topological polar surface area (TPSA) is 16.4 Å². The van der Waals surface area contributed by atoms with Gasteiger partial charge in [0.25, 0.3) is 0 Å². The fourth-order valence-electron chi connectivity index (χ4n) is 7.90. The molecule has 0 spiro atoms. The molecule has 0 saturated heterocycles. The molecule has 0 bridgehead atoms. The molecule has 0 amide bonds. The summed E-state index contributed by atoms with van der Waals surface area (Å²) in [5, 5.41) is 7.24. The van der Waals surface area contributed by atoms with E-state index in [-0.39, 0.29) is 5.41 Å².